The highest BCUT2D eigenvalue weighted by Crippen LogP contribution is 2.22. The lowest BCUT2D eigenvalue weighted by atomic mass is 10.2. The van der Waals surface area contributed by atoms with Crippen molar-refractivity contribution in [3.8, 4) is 11.5 Å². The Morgan fingerprint density at radius 1 is 0.897 bits per heavy atom. The van der Waals surface area contributed by atoms with Gasteiger partial charge >= 0.3 is 0 Å². The van der Waals surface area contributed by atoms with Crippen LogP contribution in [0.2, 0.25) is 0 Å². The summed E-state index contributed by atoms with van der Waals surface area (Å²) in [6.07, 6.45) is 1.93. The monoisotopic (exact) mass is 419 g/mol. The largest absolute Gasteiger partial charge is 0.497 e. The van der Waals surface area contributed by atoms with Gasteiger partial charge in [-0.25, -0.2) is 8.42 Å². The molecule has 0 saturated carbocycles. The number of allylic oxidation sites excluding steroid dienone is 1. The van der Waals surface area contributed by atoms with E-state index in [0.717, 1.165) is 22.6 Å². The highest BCUT2D eigenvalue weighted by atomic mass is 32.2. The number of rotatable bonds is 12. The molecule has 2 aromatic rings. The highest BCUT2D eigenvalue weighted by Gasteiger charge is 2.31. The second-order valence-electron chi connectivity index (χ2n) is 6.61. The van der Waals surface area contributed by atoms with Crippen molar-refractivity contribution in [3.63, 3.8) is 0 Å². The van der Waals surface area contributed by atoms with Gasteiger partial charge in [0.25, 0.3) is 0 Å². The Morgan fingerprint density at radius 3 is 1.69 bits per heavy atom. The minimum atomic E-state index is -3.64. The molecule has 29 heavy (non-hydrogen) atoms. The van der Waals surface area contributed by atoms with E-state index in [1.165, 1.54) is 11.4 Å². The van der Waals surface area contributed by atoms with Crippen LogP contribution in [0.5, 0.6) is 11.5 Å². The fraction of sp³-hybridized carbons (Fsp3) is 0.364. The van der Waals surface area contributed by atoms with Gasteiger partial charge in [0.2, 0.25) is 10.0 Å². The first kappa shape index (κ1) is 22.9. The van der Waals surface area contributed by atoms with E-state index in [0.29, 0.717) is 6.42 Å². The second kappa shape index (κ2) is 11.0. The molecule has 0 fully saturated rings. The van der Waals surface area contributed by atoms with Crippen LogP contribution in [0.15, 0.2) is 61.2 Å². The Morgan fingerprint density at radius 2 is 1.34 bits per heavy atom. The molecule has 0 aliphatic rings. The van der Waals surface area contributed by atoms with Crippen LogP contribution in [0.4, 0.5) is 0 Å². The van der Waals surface area contributed by atoms with Crippen LogP contribution in [-0.4, -0.2) is 45.9 Å². The summed E-state index contributed by atoms with van der Waals surface area (Å²) < 4.78 is 43.9. The molecule has 7 heteroatoms. The molecule has 0 heterocycles. The smallest absolute Gasteiger partial charge is 0.220 e. The van der Waals surface area contributed by atoms with E-state index < -0.39 is 15.3 Å². The number of hydrogen-bond acceptors (Lipinski definition) is 5. The quantitative estimate of drug-likeness (QED) is 0.492. The molecule has 0 N–H and O–H groups in total. The maximum absolute atomic E-state index is 13.4. The van der Waals surface area contributed by atoms with Crippen molar-refractivity contribution >= 4 is 10.0 Å². The third kappa shape index (κ3) is 6.32. The van der Waals surface area contributed by atoms with E-state index in [9.17, 15) is 8.42 Å². The first-order valence-corrected chi connectivity index (χ1v) is 10.8. The maximum atomic E-state index is 13.4. The van der Waals surface area contributed by atoms with Gasteiger partial charge in [0.15, 0.2) is 0 Å². The first-order chi connectivity index (χ1) is 13.9. The van der Waals surface area contributed by atoms with Gasteiger partial charge in [0.05, 0.1) is 20.8 Å². The Bertz CT molecular complexity index is 814. The van der Waals surface area contributed by atoms with Crippen LogP contribution in [0.25, 0.3) is 0 Å². The number of ether oxygens (including phenoxy) is 3. The number of methoxy groups -OCH3 is 3. The van der Waals surface area contributed by atoms with E-state index in [4.69, 9.17) is 14.2 Å². The third-order valence-corrected chi connectivity index (χ3v) is 6.75. The van der Waals surface area contributed by atoms with Gasteiger partial charge < -0.3 is 14.2 Å². The van der Waals surface area contributed by atoms with Crippen LogP contribution in [0.1, 0.15) is 17.5 Å². The summed E-state index contributed by atoms with van der Waals surface area (Å²) in [5, 5.41) is -0.693. The Labute approximate surface area is 173 Å². The number of hydrogen-bond donors (Lipinski definition) is 0. The molecule has 0 aliphatic carbocycles. The van der Waals surface area contributed by atoms with Gasteiger partial charge in [0.1, 0.15) is 16.7 Å². The van der Waals surface area contributed by atoms with Gasteiger partial charge in [-0.2, -0.15) is 4.31 Å². The molecule has 0 unspecified atom stereocenters. The van der Waals surface area contributed by atoms with Gasteiger partial charge in [-0.15, -0.1) is 6.58 Å². The predicted molar refractivity (Wildman–Crippen MR) is 115 cm³/mol. The van der Waals surface area contributed by atoms with Crippen molar-refractivity contribution < 1.29 is 22.6 Å². The van der Waals surface area contributed by atoms with Crippen molar-refractivity contribution in [3.05, 3.63) is 72.3 Å². The van der Waals surface area contributed by atoms with Crippen LogP contribution in [0.3, 0.4) is 0 Å². The minimum absolute atomic E-state index is 0.107. The summed E-state index contributed by atoms with van der Waals surface area (Å²) >= 11 is 0. The lowest BCUT2D eigenvalue weighted by Crippen LogP contribution is -2.40. The number of benzene rings is 2. The molecule has 0 amide bonds. The van der Waals surface area contributed by atoms with Gasteiger partial charge in [-0.1, -0.05) is 30.3 Å². The van der Waals surface area contributed by atoms with Crippen molar-refractivity contribution in [2.24, 2.45) is 0 Å². The topological polar surface area (TPSA) is 65.1 Å². The van der Waals surface area contributed by atoms with E-state index in [-0.39, 0.29) is 19.7 Å². The standard InChI is InChI=1S/C22H29NO5S/c1-5-6-22(17-26-2)29(24,25)23(15-18-7-11-20(27-3)12-8-18)16-19-9-13-21(28-4)14-10-19/h5,7-14,22H,1,6,15-17H2,2-4H3/t22-/m1/s1. The fourth-order valence-corrected chi connectivity index (χ4v) is 4.73. The number of nitrogens with zero attached hydrogens (tertiary/aromatic N) is 1. The van der Waals surface area contributed by atoms with E-state index in [2.05, 4.69) is 6.58 Å². The molecule has 2 aromatic carbocycles. The Kier molecular flexibility index (Phi) is 8.70. The molecule has 0 aromatic heterocycles. The molecule has 158 valence electrons. The van der Waals surface area contributed by atoms with Crippen molar-refractivity contribution in [1.82, 2.24) is 4.31 Å². The maximum Gasteiger partial charge on any atom is 0.220 e. The van der Waals surface area contributed by atoms with Crippen LogP contribution in [-0.2, 0) is 27.8 Å². The second-order valence-corrected chi connectivity index (χ2v) is 8.82. The lowest BCUT2D eigenvalue weighted by Gasteiger charge is -2.27. The van der Waals surface area contributed by atoms with Crippen molar-refractivity contribution in [2.45, 2.75) is 24.8 Å². The van der Waals surface area contributed by atoms with Crippen molar-refractivity contribution in [1.29, 1.82) is 0 Å². The lowest BCUT2D eigenvalue weighted by molar-refractivity contribution is 0.194. The van der Waals surface area contributed by atoms with Crippen LogP contribution in [0, 0.1) is 0 Å². The summed E-state index contributed by atoms with van der Waals surface area (Å²) in [4.78, 5) is 0. The fourth-order valence-electron chi connectivity index (χ4n) is 2.96. The summed E-state index contributed by atoms with van der Waals surface area (Å²) in [5.74, 6) is 1.45. The normalized spacial score (nSPS) is 12.6. The van der Waals surface area contributed by atoms with E-state index in [1.54, 1.807) is 20.3 Å². The molecule has 0 aliphatic heterocycles. The Hall–Kier alpha value is -2.35. The van der Waals surface area contributed by atoms with Crippen molar-refractivity contribution in [2.75, 3.05) is 27.9 Å². The first-order valence-electron chi connectivity index (χ1n) is 9.29. The average Bonchev–Trinajstić information content (AvgIpc) is 2.74. The SMILES string of the molecule is C=CC[C@H](COC)S(=O)(=O)N(Cc1ccc(OC)cc1)Cc1ccc(OC)cc1. The van der Waals surface area contributed by atoms with Crippen LogP contribution < -0.4 is 9.47 Å². The zero-order valence-corrected chi connectivity index (χ0v) is 18.0. The van der Waals surface area contributed by atoms with Crippen LogP contribution >= 0.6 is 0 Å². The highest BCUT2D eigenvalue weighted by molar-refractivity contribution is 7.89. The minimum Gasteiger partial charge on any atom is -0.497 e. The molecule has 0 radical (unpaired) electrons. The Balaban J connectivity index is 2.34. The number of sulfonamides is 1. The molecular formula is C22H29NO5S. The van der Waals surface area contributed by atoms with Gasteiger partial charge in [0, 0.05) is 20.2 Å². The molecule has 1 atom stereocenters. The molecule has 0 bridgehead atoms. The molecular weight excluding hydrogens is 390 g/mol. The zero-order valence-electron chi connectivity index (χ0n) is 17.2. The summed E-state index contributed by atoms with van der Waals surface area (Å²) in [6.45, 7) is 4.29. The van der Waals surface area contributed by atoms with E-state index in [1.807, 2.05) is 48.5 Å². The molecule has 0 saturated heterocycles. The summed E-state index contributed by atoms with van der Waals surface area (Å²) in [7, 11) is 1.06. The summed E-state index contributed by atoms with van der Waals surface area (Å²) in [5.41, 5.74) is 1.75. The molecule has 6 nitrogen and oxygen atoms in total. The zero-order chi connectivity index (χ0) is 21.3. The predicted octanol–water partition coefficient (Wildman–Crippen LogP) is 3.63. The molecule has 2 rings (SSSR count). The van der Waals surface area contributed by atoms with Gasteiger partial charge in [-0.05, 0) is 41.8 Å². The van der Waals surface area contributed by atoms with E-state index >= 15 is 0 Å². The molecule has 0 spiro atoms. The van der Waals surface area contributed by atoms with Gasteiger partial charge in [-0.3, -0.25) is 0 Å². The summed E-state index contributed by atoms with van der Waals surface area (Å²) in [6, 6.07) is 14.8. The third-order valence-electron chi connectivity index (χ3n) is 4.60. The average molecular weight is 420 g/mol.